The molecule has 0 fully saturated rings. The SMILES string of the molecule is CCCCC1COc2cccc3c(SCC(=O)N4CCCc5ccccc54)cc[n+]1c23. The predicted octanol–water partition coefficient (Wildman–Crippen LogP) is 5.32. The zero-order chi connectivity index (χ0) is 21.2. The molecule has 31 heavy (non-hydrogen) atoms. The number of anilines is 1. The summed E-state index contributed by atoms with van der Waals surface area (Å²) in [5.41, 5.74) is 3.52. The second-order valence-electron chi connectivity index (χ2n) is 8.41. The molecule has 2 aromatic carbocycles. The number of benzene rings is 2. The number of aryl methyl sites for hydroxylation is 1. The predicted molar refractivity (Wildman–Crippen MR) is 126 cm³/mol. The molecule has 0 radical (unpaired) electrons. The Kier molecular flexibility index (Phi) is 5.86. The van der Waals surface area contributed by atoms with Gasteiger partial charge in [0.1, 0.15) is 0 Å². The fourth-order valence-electron chi connectivity index (χ4n) is 4.78. The van der Waals surface area contributed by atoms with Gasteiger partial charge in [0.15, 0.2) is 24.6 Å². The molecule has 0 spiro atoms. The van der Waals surface area contributed by atoms with E-state index in [4.69, 9.17) is 4.74 Å². The van der Waals surface area contributed by atoms with Crippen LogP contribution in [0.15, 0.2) is 59.6 Å². The van der Waals surface area contributed by atoms with Gasteiger partial charge in [-0.1, -0.05) is 37.6 Å². The Morgan fingerprint density at radius 3 is 3.00 bits per heavy atom. The highest BCUT2D eigenvalue weighted by molar-refractivity contribution is 8.00. The van der Waals surface area contributed by atoms with E-state index in [0.717, 1.165) is 54.3 Å². The van der Waals surface area contributed by atoms with E-state index in [9.17, 15) is 4.79 Å². The molecule has 1 unspecified atom stereocenters. The van der Waals surface area contributed by atoms with Crippen molar-refractivity contribution in [3.8, 4) is 5.75 Å². The number of unbranched alkanes of at least 4 members (excludes halogenated alkanes) is 1. The molecular weight excluding hydrogens is 404 g/mol. The van der Waals surface area contributed by atoms with Crippen LogP contribution in [0.1, 0.15) is 44.2 Å². The number of para-hydroxylation sites is 2. The molecule has 3 heterocycles. The van der Waals surface area contributed by atoms with Crippen molar-refractivity contribution in [3.05, 3.63) is 60.3 Å². The normalized spacial score (nSPS) is 17.3. The smallest absolute Gasteiger partial charge is 0.256 e. The van der Waals surface area contributed by atoms with E-state index in [1.807, 2.05) is 11.0 Å². The first-order chi connectivity index (χ1) is 15.3. The molecule has 5 rings (SSSR count). The third kappa shape index (κ3) is 3.91. The first-order valence-electron chi connectivity index (χ1n) is 11.4. The Hall–Kier alpha value is -2.53. The first-order valence-corrected chi connectivity index (χ1v) is 12.4. The van der Waals surface area contributed by atoms with Gasteiger partial charge in [-0.3, -0.25) is 4.79 Å². The fourth-order valence-corrected chi connectivity index (χ4v) is 5.70. The van der Waals surface area contributed by atoms with Crippen LogP contribution in [0.2, 0.25) is 0 Å². The molecule has 5 heteroatoms. The standard InChI is InChI=1S/C26H29N2O2S/c1-2-3-10-20-17-30-23-13-6-11-21-24(14-16-27(20)26(21)23)31-18-25(29)28-15-7-9-19-8-4-5-12-22(19)28/h4-6,8,11-14,16,20H,2-3,7,9-10,15,17-18H2,1H3/q+1. The monoisotopic (exact) mass is 433 g/mol. The van der Waals surface area contributed by atoms with Crippen molar-refractivity contribution < 1.29 is 14.1 Å². The molecule has 160 valence electrons. The van der Waals surface area contributed by atoms with E-state index >= 15 is 0 Å². The van der Waals surface area contributed by atoms with Gasteiger partial charge in [0.05, 0.1) is 11.1 Å². The lowest BCUT2D eigenvalue weighted by Crippen LogP contribution is -2.46. The van der Waals surface area contributed by atoms with Crippen LogP contribution in [-0.2, 0) is 11.2 Å². The summed E-state index contributed by atoms with van der Waals surface area (Å²) in [6.45, 7) is 3.77. The summed E-state index contributed by atoms with van der Waals surface area (Å²) >= 11 is 1.64. The minimum atomic E-state index is 0.183. The van der Waals surface area contributed by atoms with Crippen molar-refractivity contribution in [2.75, 3.05) is 23.8 Å². The van der Waals surface area contributed by atoms with Crippen LogP contribution in [-0.4, -0.2) is 24.8 Å². The van der Waals surface area contributed by atoms with E-state index < -0.39 is 0 Å². The van der Waals surface area contributed by atoms with Gasteiger partial charge >= 0.3 is 0 Å². The number of amides is 1. The fraction of sp³-hybridized carbons (Fsp3) is 0.385. The Balaban J connectivity index is 1.39. The van der Waals surface area contributed by atoms with Crippen molar-refractivity contribution in [3.63, 3.8) is 0 Å². The molecule has 0 aliphatic carbocycles. The lowest BCUT2D eigenvalue weighted by atomic mass is 10.0. The summed E-state index contributed by atoms with van der Waals surface area (Å²) in [6.07, 6.45) is 7.80. The largest absolute Gasteiger partial charge is 0.480 e. The second-order valence-corrected chi connectivity index (χ2v) is 9.43. The highest BCUT2D eigenvalue weighted by atomic mass is 32.2. The number of fused-ring (bicyclic) bond motifs is 1. The maximum Gasteiger partial charge on any atom is 0.256 e. The lowest BCUT2D eigenvalue weighted by Gasteiger charge is -2.29. The van der Waals surface area contributed by atoms with Crippen LogP contribution >= 0.6 is 11.8 Å². The average Bonchev–Trinajstić information content (AvgIpc) is 2.82. The summed E-state index contributed by atoms with van der Waals surface area (Å²) in [4.78, 5) is 16.2. The van der Waals surface area contributed by atoms with E-state index in [1.54, 1.807) is 11.8 Å². The minimum Gasteiger partial charge on any atom is -0.480 e. The second kappa shape index (κ2) is 8.91. The van der Waals surface area contributed by atoms with Crippen LogP contribution < -0.4 is 14.2 Å². The summed E-state index contributed by atoms with van der Waals surface area (Å²) < 4.78 is 8.50. The number of hydrogen-bond acceptors (Lipinski definition) is 3. The lowest BCUT2D eigenvalue weighted by molar-refractivity contribution is -0.704. The van der Waals surface area contributed by atoms with E-state index in [0.29, 0.717) is 11.8 Å². The van der Waals surface area contributed by atoms with Gasteiger partial charge in [-0.25, -0.2) is 0 Å². The Morgan fingerprint density at radius 2 is 2.10 bits per heavy atom. The number of aromatic nitrogens is 1. The number of hydrogen-bond donors (Lipinski definition) is 0. The van der Waals surface area contributed by atoms with Gasteiger partial charge in [0.25, 0.3) is 5.52 Å². The molecule has 1 aromatic heterocycles. The molecule has 1 amide bonds. The van der Waals surface area contributed by atoms with Crippen molar-refractivity contribution in [1.82, 2.24) is 0 Å². The highest BCUT2D eigenvalue weighted by Gasteiger charge is 2.31. The third-order valence-electron chi connectivity index (χ3n) is 6.39. The number of rotatable bonds is 6. The maximum absolute atomic E-state index is 13.1. The molecular formula is C26H29N2O2S+. The molecule has 0 bridgehead atoms. The van der Waals surface area contributed by atoms with Gasteiger partial charge in [-0.15, -0.1) is 11.8 Å². The number of thioether (sulfide) groups is 1. The molecule has 3 aromatic rings. The number of carbonyl (C=O) groups is 1. The third-order valence-corrected chi connectivity index (χ3v) is 7.45. The Morgan fingerprint density at radius 1 is 1.19 bits per heavy atom. The summed E-state index contributed by atoms with van der Waals surface area (Å²) in [7, 11) is 0. The van der Waals surface area contributed by atoms with Crippen molar-refractivity contribution in [2.45, 2.75) is 50.0 Å². The summed E-state index contributed by atoms with van der Waals surface area (Å²) in [5, 5.41) is 1.18. The molecule has 0 saturated carbocycles. The number of pyridine rings is 1. The van der Waals surface area contributed by atoms with E-state index in [-0.39, 0.29) is 5.91 Å². The van der Waals surface area contributed by atoms with Crippen LogP contribution in [0.3, 0.4) is 0 Å². The van der Waals surface area contributed by atoms with Crippen molar-refractivity contribution in [2.24, 2.45) is 0 Å². The highest BCUT2D eigenvalue weighted by Crippen LogP contribution is 2.35. The van der Waals surface area contributed by atoms with E-state index in [1.165, 1.54) is 23.8 Å². The quantitative estimate of drug-likeness (QED) is 0.390. The number of nitrogens with zero attached hydrogens (tertiary/aromatic N) is 2. The molecule has 2 aliphatic heterocycles. The minimum absolute atomic E-state index is 0.183. The molecule has 0 N–H and O–H groups in total. The van der Waals surface area contributed by atoms with Gasteiger partial charge in [0, 0.05) is 29.6 Å². The number of ether oxygens (including phenoxy) is 1. The zero-order valence-electron chi connectivity index (χ0n) is 18.0. The Bertz CT molecular complexity index is 1110. The van der Waals surface area contributed by atoms with Crippen molar-refractivity contribution in [1.29, 1.82) is 0 Å². The molecule has 1 atom stereocenters. The molecule has 2 aliphatic rings. The van der Waals surface area contributed by atoms with Crippen LogP contribution in [0.25, 0.3) is 10.9 Å². The van der Waals surface area contributed by atoms with Crippen molar-refractivity contribution >= 4 is 34.3 Å². The summed E-state index contributed by atoms with van der Waals surface area (Å²) in [6, 6.07) is 17.1. The molecule has 4 nitrogen and oxygen atoms in total. The van der Waals surface area contributed by atoms with Gasteiger partial charge in [0.2, 0.25) is 5.91 Å². The zero-order valence-corrected chi connectivity index (χ0v) is 18.9. The van der Waals surface area contributed by atoms with Gasteiger partial charge in [-0.05, 0) is 43.0 Å². The average molecular weight is 434 g/mol. The topological polar surface area (TPSA) is 33.4 Å². The first kappa shape index (κ1) is 20.4. The van der Waals surface area contributed by atoms with E-state index in [2.05, 4.69) is 60.2 Å². The van der Waals surface area contributed by atoms with Crippen LogP contribution in [0, 0.1) is 0 Å². The molecule has 0 saturated heterocycles. The number of carbonyl (C=O) groups excluding carboxylic acids is 1. The van der Waals surface area contributed by atoms with Crippen LogP contribution in [0.4, 0.5) is 5.69 Å². The van der Waals surface area contributed by atoms with Gasteiger partial charge in [-0.2, -0.15) is 4.57 Å². The Labute approximate surface area is 188 Å². The summed E-state index contributed by atoms with van der Waals surface area (Å²) in [5.74, 6) is 1.57. The maximum atomic E-state index is 13.1. The van der Waals surface area contributed by atoms with Gasteiger partial charge < -0.3 is 9.64 Å². The van der Waals surface area contributed by atoms with Crippen LogP contribution in [0.5, 0.6) is 5.75 Å².